The third-order valence-electron chi connectivity index (χ3n) is 2.25. The van der Waals surface area contributed by atoms with Crippen molar-refractivity contribution in [2.24, 2.45) is 0 Å². The number of para-hydroxylation sites is 1. The number of halogens is 1. The van der Waals surface area contributed by atoms with Crippen LogP contribution >= 0.6 is 11.6 Å². The van der Waals surface area contributed by atoms with E-state index in [0.717, 1.165) is 16.6 Å². The molecule has 0 aliphatic rings. The molecular formula is C12H11ClN2O. The summed E-state index contributed by atoms with van der Waals surface area (Å²) in [5.74, 6) is -0.278. The molecule has 3 nitrogen and oxygen atoms in total. The molecule has 1 amide bonds. The number of fused-ring (bicyclic) bond motifs is 1. The first-order valence-electron chi connectivity index (χ1n) is 4.93. The normalized spacial score (nSPS) is 10.4. The Kier molecular flexibility index (Phi) is 3.06. The van der Waals surface area contributed by atoms with Crippen LogP contribution in [0.15, 0.2) is 30.3 Å². The third kappa shape index (κ3) is 2.14. The fourth-order valence-electron chi connectivity index (χ4n) is 1.53. The summed E-state index contributed by atoms with van der Waals surface area (Å²) in [5.41, 5.74) is 2.41. The van der Waals surface area contributed by atoms with Gasteiger partial charge in [-0.05, 0) is 19.1 Å². The predicted molar refractivity (Wildman–Crippen MR) is 65.8 cm³/mol. The van der Waals surface area contributed by atoms with Crippen LogP contribution in [0.4, 0.5) is 5.69 Å². The number of alkyl halides is 1. The lowest BCUT2D eigenvalue weighted by Gasteiger charge is -2.07. The fourth-order valence-corrected chi connectivity index (χ4v) is 1.60. The van der Waals surface area contributed by atoms with Gasteiger partial charge in [0.05, 0.1) is 11.2 Å². The van der Waals surface area contributed by atoms with Gasteiger partial charge in [0, 0.05) is 11.1 Å². The van der Waals surface area contributed by atoms with Crippen molar-refractivity contribution in [2.45, 2.75) is 6.92 Å². The molecule has 1 aromatic carbocycles. The molecule has 0 saturated carbocycles. The smallest absolute Gasteiger partial charge is 0.239 e. The van der Waals surface area contributed by atoms with Crippen LogP contribution in [0.3, 0.4) is 0 Å². The van der Waals surface area contributed by atoms with Gasteiger partial charge in [-0.3, -0.25) is 9.78 Å². The molecule has 1 aromatic heterocycles. The van der Waals surface area contributed by atoms with Crippen molar-refractivity contribution in [3.63, 3.8) is 0 Å². The first kappa shape index (κ1) is 10.9. The molecule has 4 heteroatoms. The molecule has 1 heterocycles. The summed E-state index contributed by atoms with van der Waals surface area (Å²) in [6.45, 7) is 1.92. The first-order valence-corrected chi connectivity index (χ1v) is 5.46. The molecule has 0 atom stereocenters. The first-order chi connectivity index (χ1) is 7.70. The molecule has 0 spiro atoms. The Balaban J connectivity index is 2.52. The van der Waals surface area contributed by atoms with Gasteiger partial charge < -0.3 is 5.32 Å². The second-order valence-corrected chi connectivity index (χ2v) is 3.78. The van der Waals surface area contributed by atoms with Crippen LogP contribution in [0.2, 0.25) is 0 Å². The molecule has 82 valence electrons. The number of hydrogen-bond acceptors (Lipinski definition) is 2. The fraction of sp³-hybridized carbons (Fsp3) is 0.167. The van der Waals surface area contributed by atoms with Gasteiger partial charge in [0.25, 0.3) is 0 Å². The Bertz CT molecular complexity index is 540. The summed E-state index contributed by atoms with van der Waals surface area (Å²) in [6, 6.07) is 9.57. The van der Waals surface area contributed by atoms with Crippen LogP contribution in [-0.2, 0) is 4.79 Å². The number of pyridine rings is 1. The maximum Gasteiger partial charge on any atom is 0.239 e. The van der Waals surface area contributed by atoms with E-state index in [1.54, 1.807) is 0 Å². The van der Waals surface area contributed by atoms with Crippen molar-refractivity contribution in [2.75, 3.05) is 11.2 Å². The molecule has 0 radical (unpaired) electrons. The van der Waals surface area contributed by atoms with E-state index in [1.165, 1.54) is 0 Å². The van der Waals surface area contributed by atoms with Crippen molar-refractivity contribution in [1.82, 2.24) is 4.98 Å². The number of benzene rings is 1. The largest absolute Gasteiger partial charge is 0.323 e. The van der Waals surface area contributed by atoms with Crippen molar-refractivity contribution in [3.8, 4) is 0 Å². The van der Waals surface area contributed by atoms with E-state index in [-0.39, 0.29) is 11.8 Å². The molecule has 0 bridgehead atoms. The molecule has 2 aromatic rings. The van der Waals surface area contributed by atoms with E-state index in [4.69, 9.17) is 11.6 Å². The highest BCUT2D eigenvalue weighted by atomic mass is 35.5. The summed E-state index contributed by atoms with van der Waals surface area (Å²) in [7, 11) is 0. The third-order valence-corrected chi connectivity index (χ3v) is 2.50. The van der Waals surface area contributed by atoms with E-state index in [1.807, 2.05) is 37.3 Å². The van der Waals surface area contributed by atoms with Gasteiger partial charge in [-0.1, -0.05) is 18.2 Å². The van der Waals surface area contributed by atoms with Crippen LogP contribution in [0.1, 0.15) is 5.69 Å². The SMILES string of the molecule is Cc1ccc2cccc(NC(=O)CCl)c2n1. The molecule has 0 aliphatic carbocycles. The molecule has 0 unspecified atom stereocenters. The number of amides is 1. The summed E-state index contributed by atoms with van der Waals surface area (Å²) in [5, 5.41) is 3.73. The highest BCUT2D eigenvalue weighted by Gasteiger charge is 2.05. The quantitative estimate of drug-likeness (QED) is 0.812. The maximum atomic E-state index is 11.2. The number of carbonyl (C=O) groups is 1. The Hall–Kier alpha value is -1.61. The summed E-state index contributed by atoms with van der Waals surface area (Å²) >= 11 is 5.45. The highest BCUT2D eigenvalue weighted by Crippen LogP contribution is 2.21. The lowest BCUT2D eigenvalue weighted by molar-refractivity contribution is -0.113. The van der Waals surface area contributed by atoms with Crippen LogP contribution < -0.4 is 5.32 Å². The number of aryl methyl sites for hydroxylation is 1. The Labute approximate surface area is 98.4 Å². The van der Waals surface area contributed by atoms with E-state index in [9.17, 15) is 4.79 Å². The Morgan fingerprint density at radius 3 is 2.94 bits per heavy atom. The number of rotatable bonds is 2. The van der Waals surface area contributed by atoms with E-state index >= 15 is 0 Å². The van der Waals surface area contributed by atoms with E-state index in [2.05, 4.69) is 10.3 Å². The zero-order valence-electron chi connectivity index (χ0n) is 8.83. The molecular weight excluding hydrogens is 224 g/mol. The molecule has 0 fully saturated rings. The maximum absolute atomic E-state index is 11.2. The average Bonchev–Trinajstić information content (AvgIpc) is 2.29. The zero-order chi connectivity index (χ0) is 11.5. The van der Waals surface area contributed by atoms with Gasteiger partial charge in [0.15, 0.2) is 0 Å². The van der Waals surface area contributed by atoms with Gasteiger partial charge in [0.2, 0.25) is 5.91 Å². The monoisotopic (exact) mass is 234 g/mol. The summed E-state index contributed by atoms with van der Waals surface area (Å²) in [6.07, 6.45) is 0. The van der Waals surface area contributed by atoms with Crippen LogP contribution in [0.25, 0.3) is 10.9 Å². The lowest BCUT2D eigenvalue weighted by Crippen LogP contribution is -2.13. The lowest BCUT2D eigenvalue weighted by atomic mass is 10.2. The van der Waals surface area contributed by atoms with Crippen molar-refractivity contribution in [3.05, 3.63) is 36.0 Å². The average molecular weight is 235 g/mol. The van der Waals surface area contributed by atoms with Crippen molar-refractivity contribution in [1.29, 1.82) is 0 Å². The molecule has 0 aliphatic heterocycles. The van der Waals surface area contributed by atoms with Crippen LogP contribution in [0, 0.1) is 6.92 Å². The van der Waals surface area contributed by atoms with Gasteiger partial charge >= 0.3 is 0 Å². The zero-order valence-corrected chi connectivity index (χ0v) is 9.58. The Morgan fingerprint density at radius 1 is 1.38 bits per heavy atom. The van der Waals surface area contributed by atoms with Gasteiger partial charge in [-0.2, -0.15) is 0 Å². The van der Waals surface area contributed by atoms with Crippen molar-refractivity contribution < 1.29 is 4.79 Å². The molecule has 0 saturated heterocycles. The van der Waals surface area contributed by atoms with Crippen LogP contribution in [-0.4, -0.2) is 16.8 Å². The Morgan fingerprint density at radius 2 is 2.19 bits per heavy atom. The minimum Gasteiger partial charge on any atom is -0.323 e. The van der Waals surface area contributed by atoms with Crippen molar-refractivity contribution >= 4 is 34.1 Å². The second-order valence-electron chi connectivity index (χ2n) is 3.51. The number of aromatic nitrogens is 1. The predicted octanol–water partition coefficient (Wildman–Crippen LogP) is 2.72. The number of anilines is 1. The van der Waals surface area contributed by atoms with E-state index in [0.29, 0.717) is 5.69 Å². The molecule has 16 heavy (non-hydrogen) atoms. The number of nitrogens with one attached hydrogen (secondary N) is 1. The van der Waals surface area contributed by atoms with Crippen LogP contribution in [0.5, 0.6) is 0 Å². The minimum absolute atomic E-state index is 0.0534. The highest BCUT2D eigenvalue weighted by molar-refractivity contribution is 6.29. The number of hydrogen-bond donors (Lipinski definition) is 1. The second kappa shape index (κ2) is 4.49. The van der Waals surface area contributed by atoms with Gasteiger partial charge in [-0.25, -0.2) is 0 Å². The minimum atomic E-state index is -0.225. The number of carbonyl (C=O) groups excluding carboxylic acids is 1. The van der Waals surface area contributed by atoms with E-state index < -0.39 is 0 Å². The summed E-state index contributed by atoms with van der Waals surface area (Å²) in [4.78, 5) is 15.6. The van der Waals surface area contributed by atoms with Gasteiger partial charge in [-0.15, -0.1) is 11.6 Å². The summed E-state index contributed by atoms with van der Waals surface area (Å²) < 4.78 is 0. The topological polar surface area (TPSA) is 42.0 Å². The molecule has 1 N–H and O–H groups in total. The van der Waals surface area contributed by atoms with Gasteiger partial charge in [0.1, 0.15) is 5.88 Å². The standard InChI is InChI=1S/C12H11ClN2O/c1-8-5-6-9-3-2-4-10(12(9)14-8)15-11(16)7-13/h2-6H,7H2,1H3,(H,15,16). The number of nitrogens with zero attached hydrogens (tertiary/aromatic N) is 1. The molecule has 2 rings (SSSR count).